The molecule has 3 heteroatoms. The Balaban J connectivity index is 2.49. The van der Waals surface area contributed by atoms with E-state index in [1.165, 1.54) is 6.42 Å². The van der Waals surface area contributed by atoms with E-state index in [2.05, 4.69) is 0 Å². The van der Waals surface area contributed by atoms with Gasteiger partial charge in [-0.1, -0.05) is 36.9 Å². The molecule has 2 N–H and O–H groups in total. The van der Waals surface area contributed by atoms with Gasteiger partial charge in [0, 0.05) is 16.1 Å². The van der Waals surface area contributed by atoms with Gasteiger partial charge in [0.1, 0.15) is 5.82 Å². The van der Waals surface area contributed by atoms with Gasteiger partial charge in [-0.25, -0.2) is 4.39 Å². The van der Waals surface area contributed by atoms with Crippen LogP contribution in [0.4, 0.5) is 4.39 Å². The van der Waals surface area contributed by atoms with E-state index < -0.39 is 5.54 Å². The van der Waals surface area contributed by atoms with Gasteiger partial charge < -0.3 is 5.73 Å². The third-order valence-corrected chi connectivity index (χ3v) is 3.84. The lowest BCUT2D eigenvalue weighted by molar-refractivity contribution is 0.292. The Hall–Kier alpha value is -0.600. The molecule has 1 fully saturated rings. The van der Waals surface area contributed by atoms with Crippen LogP contribution < -0.4 is 5.73 Å². The van der Waals surface area contributed by atoms with Crippen LogP contribution in [0, 0.1) is 12.7 Å². The molecule has 0 heterocycles. The summed E-state index contributed by atoms with van der Waals surface area (Å²) < 4.78 is 14.1. The maximum absolute atomic E-state index is 14.1. The topological polar surface area (TPSA) is 26.0 Å². The van der Waals surface area contributed by atoms with E-state index in [4.69, 9.17) is 17.3 Å². The molecule has 0 saturated heterocycles. The molecule has 0 aromatic heterocycles. The van der Waals surface area contributed by atoms with Gasteiger partial charge >= 0.3 is 0 Å². The Morgan fingerprint density at radius 3 is 2.50 bits per heavy atom. The Morgan fingerprint density at radius 1 is 1.25 bits per heavy atom. The first-order valence-electron chi connectivity index (χ1n) is 5.78. The van der Waals surface area contributed by atoms with Crippen LogP contribution in [0.3, 0.4) is 0 Å². The van der Waals surface area contributed by atoms with Gasteiger partial charge in [-0.05, 0) is 31.4 Å². The molecule has 0 aliphatic heterocycles. The molecule has 0 spiro atoms. The fourth-order valence-corrected chi connectivity index (χ4v) is 2.88. The lowest BCUT2D eigenvalue weighted by atomic mass is 9.77. The summed E-state index contributed by atoms with van der Waals surface area (Å²) in [6, 6.07) is 3.45. The molecule has 1 aromatic rings. The Labute approximate surface area is 101 Å². The highest BCUT2D eigenvalue weighted by Gasteiger charge is 2.34. The van der Waals surface area contributed by atoms with Gasteiger partial charge in [-0.15, -0.1) is 0 Å². The first-order chi connectivity index (χ1) is 7.54. The van der Waals surface area contributed by atoms with Crippen molar-refractivity contribution < 1.29 is 4.39 Å². The SMILES string of the molecule is Cc1ccc(Cl)c(C2(N)CCCCC2)c1F. The second-order valence-corrected chi connectivity index (χ2v) is 5.18. The van der Waals surface area contributed by atoms with Crippen LogP contribution >= 0.6 is 11.6 Å². The Morgan fingerprint density at radius 2 is 1.88 bits per heavy atom. The molecule has 0 radical (unpaired) electrons. The molecule has 0 bridgehead atoms. The van der Waals surface area contributed by atoms with Crippen molar-refractivity contribution in [1.29, 1.82) is 0 Å². The zero-order valence-corrected chi connectivity index (χ0v) is 10.3. The molecule has 1 aliphatic carbocycles. The van der Waals surface area contributed by atoms with E-state index in [0.29, 0.717) is 16.1 Å². The van der Waals surface area contributed by atoms with E-state index in [1.807, 2.05) is 0 Å². The molecule has 1 aliphatic rings. The normalized spacial score (nSPS) is 19.8. The summed E-state index contributed by atoms with van der Waals surface area (Å²) in [5.74, 6) is -0.225. The molecule has 0 atom stereocenters. The molecule has 1 nitrogen and oxygen atoms in total. The smallest absolute Gasteiger partial charge is 0.132 e. The van der Waals surface area contributed by atoms with Crippen molar-refractivity contribution in [3.05, 3.63) is 34.1 Å². The van der Waals surface area contributed by atoms with E-state index in [9.17, 15) is 4.39 Å². The maximum atomic E-state index is 14.1. The van der Waals surface area contributed by atoms with E-state index in [1.54, 1.807) is 19.1 Å². The summed E-state index contributed by atoms with van der Waals surface area (Å²) in [7, 11) is 0. The van der Waals surface area contributed by atoms with Crippen LogP contribution in [-0.4, -0.2) is 0 Å². The molecule has 0 unspecified atom stereocenters. The number of halogens is 2. The maximum Gasteiger partial charge on any atom is 0.132 e. The van der Waals surface area contributed by atoms with Crippen molar-refractivity contribution in [3.63, 3.8) is 0 Å². The Kier molecular flexibility index (Phi) is 3.22. The van der Waals surface area contributed by atoms with Gasteiger partial charge in [0.15, 0.2) is 0 Å². The average molecular weight is 242 g/mol. The second-order valence-electron chi connectivity index (χ2n) is 4.77. The minimum atomic E-state index is -0.564. The summed E-state index contributed by atoms with van der Waals surface area (Å²) in [5, 5.41) is 0.465. The molecular weight excluding hydrogens is 225 g/mol. The van der Waals surface area contributed by atoms with Gasteiger partial charge in [-0.3, -0.25) is 0 Å². The van der Waals surface area contributed by atoms with Crippen molar-refractivity contribution >= 4 is 11.6 Å². The molecule has 2 rings (SSSR count). The lowest BCUT2D eigenvalue weighted by Gasteiger charge is -2.35. The number of rotatable bonds is 1. The molecule has 1 aromatic carbocycles. The highest BCUT2D eigenvalue weighted by Crippen LogP contribution is 2.40. The Bertz CT molecular complexity index is 397. The van der Waals surface area contributed by atoms with Crippen molar-refractivity contribution in [1.82, 2.24) is 0 Å². The predicted octanol–water partition coefficient (Wildman–Crippen LogP) is 3.91. The first-order valence-corrected chi connectivity index (χ1v) is 6.16. The number of aryl methyl sites for hydroxylation is 1. The van der Waals surface area contributed by atoms with Crippen LogP contribution in [-0.2, 0) is 5.54 Å². The minimum absolute atomic E-state index is 0.225. The zero-order valence-electron chi connectivity index (χ0n) is 9.52. The molecule has 1 saturated carbocycles. The number of nitrogens with two attached hydrogens (primary N) is 1. The zero-order chi connectivity index (χ0) is 11.8. The predicted molar refractivity (Wildman–Crippen MR) is 65.1 cm³/mol. The summed E-state index contributed by atoms with van der Waals surface area (Å²) in [5.41, 5.74) is 6.90. The summed E-state index contributed by atoms with van der Waals surface area (Å²) in [6.45, 7) is 1.75. The fraction of sp³-hybridized carbons (Fsp3) is 0.538. The van der Waals surface area contributed by atoms with Crippen LogP contribution in [0.15, 0.2) is 12.1 Å². The van der Waals surface area contributed by atoms with Crippen LogP contribution in [0.2, 0.25) is 5.02 Å². The number of benzene rings is 1. The van der Waals surface area contributed by atoms with E-state index in [-0.39, 0.29) is 5.82 Å². The molecule has 16 heavy (non-hydrogen) atoms. The first kappa shape index (κ1) is 11.9. The van der Waals surface area contributed by atoms with Crippen molar-refractivity contribution in [2.75, 3.05) is 0 Å². The average Bonchev–Trinajstić information content (AvgIpc) is 2.25. The second kappa shape index (κ2) is 4.34. The minimum Gasteiger partial charge on any atom is -0.321 e. The lowest BCUT2D eigenvalue weighted by Crippen LogP contribution is -2.40. The monoisotopic (exact) mass is 241 g/mol. The molecule has 0 amide bonds. The van der Waals surface area contributed by atoms with Crippen molar-refractivity contribution in [2.24, 2.45) is 5.73 Å². The quantitative estimate of drug-likeness (QED) is 0.793. The van der Waals surface area contributed by atoms with Gasteiger partial charge in [0.2, 0.25) is 0 Å². The number of hydrogen-bond acceptors (Lipinski definition) is 1. The van der Waals surface area contributed by atoms with Gasteiger partial charge in [0.05, 0.1) is 0 Å². The highest BCUT2D eigenvalue weighted by molar-refractivity contribution is 6.31. The van der Waals surface area contributed by atoms with Gasteiger partial charge in [-0.2, -0.15) is 0 Å². The molecular formula is C13H17ClFN. The van der Waals surface area contributed by atoms with Crippen LogP contribution in [0.1, 0.15) is 43.2 Å². The van der Waals surface area contributed by atoms with Crippen LogP contribution in [0.5, 0.6) is 0 Å². The number of hydrogen-bond donors (Lipinski definition) is 1. The summed E-state index contributed by atoms with van der Waals surface area (Å²) >= 11 is 6.10. The van der Waals surface area contributed by atoms with Crippen LogP contribution in [0.25, 0.3) is 0 Å². The van der Waals surface area contributed by atoms with E-state index >= 15 is 0 Å². The molecule has 88 valence electrons. The standard InChI is InChI=1S/C13H17ClFN/c1-9-5-6-10(14)11(12(9)15)13(16)7-3-2-4-8-13/h5-6H,2-4,7-8,16H2,1H3. The van der Waals surface area contributed by atoms with Crippen molar-refractivity contribution in [3.8, 4) is 0 Å². The largest absolute Gasteiger partial charge is 0.321 e. The summed E-state index contributed by atoms with van der Waals surface area (Å²) in [6.07, 6.45) is 4.95. The van der Waals surface area contributed by atoms with Crippen molar-refractivity contribution in [2.45, 2.75) is 44.6 Å². The van der Waals surface area contributed by atoms with E-state index in [0.717, 1.165) is 25.7 Å². The third-order valence-electron chi connectivity index (χ3n) is 3.53. The highest BCUT2D eigenvalue weighted by atomic mass is 35.5. The van der Waals surface area contributed by atoms with Gasteiger partial charge in [0.25, 0.3) is 0 Å². The third kappa shape index (κ3) is 1.96. The summed E-state index contributed by atoms with van der Waals surface area (Å²) in [4.78, 5) is 0. The fourth-order valence-electron chi connectivity index (χ4n) is 2.55.